The van der Waals surface area contributed by atoms with Crippen molar-refractivity contribution in [2.45, 2.75) is 33.2 Å². The average Bonchev–Trinajstić information content (AvgIpc) is 3.50. The fourth-order valence-electron chi connectivity index (χ4n) is 4.89. The second-order valence-electron chi connectivity index (χ2n) is 8.82. The van der Waals surface area contributed by atoms with Crippen LogP contribution in [-0.2, 0) is 11.3 Å². The number of rotatable bonds is 6. The number of hydrogen-bond acceptors (Lipinski definition) is 5. The van der Waals surface area contributed by atoms with Crippen LogP contribution >= 0.6 is 0 Å². The second-order valence-corrected chi connectivity index (χ2v) is 8.82. The summed E-state index contributed by atoms with van der Waals surface area (Å²) >= 11 is 0. The van der Waals surface area contributed by atoms with Gasteiger partial charge in [-0.25, -0.2) is 4.98 Å². The molecule has 6 heteroatoms. The predicted molar refractivity (Wildman–Crippen MR) is 133 cm³/mol. The van der Waals surface area contributed by atoms with E-state index in [-0.39, 0.29) is 0 Å². The molecule has 0 aliphatic carbocycles. The number of nitrogens with zero attached hydrogens (tertiary/aromatic N) is 3. The summed E-state index contributed by atoms with van der Waals surface area (Å²) in [5.74, 6) is 0.504. The van der Waals surface area contributed by atoms with Gasteiger partial charge in [-0.05, 0) is 91.9 Å². The number of carbonyl (C=O) groups excluding carboxylic acids is 1. The van der Waals surface area contributed by atoms with Gasteiger partial charge in [0.05, 0.1) is 5.56 Å². The molecule has 0 saturated carbocycles. The normalized spacial score (nSPS) is 13.8. The summed E-state index contributed by atoms with van der Waals surface area (Å²) in [4.78, 5) is 18.2. The third kappa shape index (κ3) is 3.95. The van der Waals surface area contributed by atoms with Crippen LogP contribution in [0.5, 0.6) is 0 Å². The van der Waals surface area contributed by atoms with Crippen LogP contribution in [0.3, 0.4) is 0 Å². The summed E-state index contributed by atoms with van der Waals surface area (Å²) in [5, 5.41) is 12.5. The Morgan fingerprint density at radius 1 is 1.06 bits per heavy atom. The average molecular weight is 451 g/mol. The first-order valence-electron chi connectivity index (χ1n) is 11.5. The molecule has 0 unspecified atom stereocenters. The molecule has 3 aromatic carbocycles. The van der Waals surface area contributed by atoms with Gasteiger partial charge in [0, 0.05) is 17.8 Å². The van der Waals surface area contributed by atoms with E-state index in [1.54, 1.807) is 0 Å². The van der Waals surface area contributed by atoms with Gasteiger partial charge in [-0.1, -0.05) is 24.3 Å². The van der Waals surface area contributed by atoms with Crippen LogP contribution in [0.2, 0.25) is 0 Å². The number of anilines is 1. The van der Waals surface area contributed by atoms with Gasteiger partial charge >= 0.3 is 0 Å². The van der Waals surface area contributed by atoms with E-state index in [0.717, 1.165) is 58.7 Å². The standard InChI is InChI=1S/C28H26N4O2/c1-18-22(23-8-6-10-25(19(23)2)30-17-33)7-5-9-24(18)28-31-26-14-20(16-32-11-3-4-12-32)13-21(15-29)27(26)34-28/h5-10,13-14,17H,3-4,11-12,16H2,1-2H3,(H,30,33). The minimum absolute atomic E-state index is 0.504. The van der Waals surface area contributed by atoms with E-state index in [4.69, 9.17) is 9.40 Å². The Kier molecular flexibility index (Phi) is 5.87. The molecule has 5 rings (SSSR count). The Morgan fingerprint density at radius 3 is 2.50 bits per heavy atom. The number of carbonyl (C=O) groups is 1. The van der Waals surface area contributed by atoms with Gasteiger partial charge in [-0.2, -0.15) is 5.26 Å². The number of nitrogens with one attached hydrogen (secondary N) is 1. The molecule has 1 aromatic heterocycles. The molecule has 0 atom stereocenters. The van der Waals surface area contributed by atoms with Crippen molar-refractivity contribution in [3.05, 3.63) is 70.8 Å². The summed E-state index contributed by atoms with van der Waals surface area (Å²) in [5.41, 5.74) is 8.60. The smallest absolute Gasteiger partial charge is 0.227 e. The van der Waals surface area contributed by atoms with E-state index in [0.29, 0.717) is 29.0 Å². The lowest BCUT2D eigenvalue weighted by molar-refractivity contribution is -0.105. The molecule has 4 aromatic rings. The van der Waals surface area contributed by atoms with Crippen LogP contribution in [0.25, 0.3) is 33.7 Å². The molecule has 1 fully saturated rings. The number of hydrogen-bond donors (Lipinski definition) is 1. The number of fused-ring (bicyclic) bond motifs is 1. The molecule has 0 bridgehead atoms. The molecule has 6 nitrogen and oxygen atoms in total. The van der Waals surface area contributed by atoms with Crippen molar-refractivity contribution in [2.24, 2.45) is 0 Å². The first-order valence-corrected chi connectivity index (χ1v) is 11.5. The fourth-order valence-corrected chi connectivity index (χ4v) is 4.89. The largest absolute Gasteiger partial charge is 0.435 e. The molecule has 0 radical (unpaired) electrons. The Labute approximate surface area is 198 Å². The van der Waals surface area contributed by atoms with Gasteiger partial charge in [-0.15, -0.1) is 0 Å². The number of nitriles is 1. The van der Waals surface area contributed by atoms with Crippen LogP contribution in [0.4, 0.5) is 5.69 Å². The van der Waals surface area contributed by atoms with Gasteiger partial charge in [0.15, 0.2) is 5.58 Å². The Bertz CT molecular complexity index is 1420. The van der Waals surface area contributed by atoms with Crippen LogP contribution in [0.15, 0.2) is 52.9 Å². The lowest BCUT2D eigenvalue weighted by Crippen LogP contribution is -2.18. The zero-order valence-corrected chi connectivity index (χ0v) is 19.4. The monoisotopic (exact) mass is 450 g/mol. The van der Waals surface area contributed by atoms with Gasteiger partial charge in [0.25, 0.3) is 0 Å². The molecular weight excluding hydrogens is 424 g/mol. The summed E-state index contributed by atoms with van der Waals surface area (Å²) in [6.07, 6.45) is 3.15. The van der Waals surface area contributed by atoms with Crippen molar-refractivity contribution >= 4 is 23.2 Å². The summed E-state index contributed by atoms with van der Waals surface area (Å²) < 4.78 is 6.16. The Morgan fingerprint density at radius 2 is 1.76 bits per heavy atom. The van der Waals surface area contributed by atoms with Crippen molar-refractivity contribution in [1.82, 2.24) is 9.88 Å². The van der Waals surface area contributed by atoms with E-state index in [2.05, 4.69) is 22.4 Å². The highest BCUT2D eigenvalue weighted by Crippen LogP contribution is 2.36. The summed E-state index contributed by atoms with van der Waals surface area (Å²) in [7, 11) is 0. The highest BCUT2D eigenvalue weighted by Gasteiger charge is 2.19. The molecule has 1 amide bonds. The third-order valence-electron chi connectivity index (χ3n) is 6.68. The van der Waals surface area contributed by atoms with Crippen LogP contribution in [0.1, 0.15) is 35.1 Å². The maximum Gasteiger partial charge on any atom is 0.227 e. The molecular formula is C28H26N4O2. The SMILES string of the molecule is Cc1c(NC=O)cccc1-c1cccc(-c2nc3cc(CN4CCCC4)cc(C#N)c3o2)c1C. The lowest BCUT2D eigenvalue weighted by atomic mass is 9.93. The second kappa shape index (κ2) is 9.12. The third-order valence-corrected chi connectivity index (χ3v) is 6.68. The molecule has 0 spiro atoms. The number of oxazole rings is 1. The van der Waals surface area contributed by atoms with Gasteiger partial charge in [0.2, 0.25) is 12.3 Å². The molecule has 1 aliphatic rings. The molecule has 1 saturated heterocycles. The van der Waals surface area contributed by atoms with Crippen molar-refractivity contribution in [1.29, 1.82) is 5.26 Å². The van der Waals surface area contributed by atoms with Gasteiger partial charge in [-0.3, -0.25) is 9.69 Å². The number of amides is 1. The van der Waals surface area contributed by atoms with E-state index >= 15 is 0 Å². The van der Waals surface area contributed by atoms with Gasteiger partial charge < -0.3 is 9.73 Å². The molecule has 170 valence electrons. The van der Waals surface area contributed by atoms with Crippen LogP contribution in [0, 0.1) is 25.2 Å². The molecule has 2 heterocycles. The molecule has 34 heavy (non-hydrogen) atoms. The highest BCUT2D eigenvalue weighted by atomic mass is 16.3. The molecule has 1 aliphatic heterocycles. The van der Waals surface area contributed by atoms with E-state index in [1.807, 2.05) is 56.3 Å². The van der Waals surface area contributed by atoms with Crippen LogP contribution in [-0.4, -0.2) is 29.4 Å². The fraction of sp³-hybridized carbons (Fsp3) is 0.250. The Balaban J connectivity index is 1.57. The highest BCUT2D eigenvalue weighted by molar-refractivity contribution is 5.86. The first kappa shape index (κ1) is 21.9. The number of likely N-dealkylation sites (tertiary alicyclic amines) is 1. The minimum atomic E-state index is 0.504. The zero-order valence-electron chi connectivity index (χ0n) is 19.4. The van der Waals surface area contributed by atoms with Crippen LogP contribution < -0.4 is 5.32 Å². The first-order chi connectivity index (χ1) is 16.6. The zero-order chi connectivity index (χ0) is 23.7. The van der Waals surface area contributed by atoms with Crippen molar-refractivity contribution in [3.8, 4) is 28.7 Å². The van der Waals surface area contributed by atoms with Crippen molar-refractivity contribution in [2.75, 3.05) is 18.4 Å². The minimum Gasteiger partial charge on any atom is -0.435 e. The lowest BCUT2D eigenvalue weighted by Gasteiger charge is -2.14. The van der Waals surface area contributed by atoms with E-state index in [9.17, 15) is 10.1 Å². The predicted octanol–water partition coefficient (Wildman–Crippen LogP) is 5.81. The number of aromatic nitrogens is 1. The number of benzene rings is 3. The molecule has 1 N–H and O–H groups in total. The van der Waals surface area contributed by atoms with Crippen molar-refractivity contribution < 1.29 is 9.21 Å². The van der Waals surface area contributed by atoms with E-state index < -0.39 is 0 Å². The maximum atomic E-state index is 11.0. The quantitative estimate of drug-likeness (QED) is 0.375. The summed E-state index contributed by atoms with van der Waals surface area (Å²) in [6, 6.07) is 18.1. The van der Waals surface area contributed by atoms with E-state index in [1.165, 1.54) is 12.8 Å². The maximum absolute atomic E-state index is 11.0. The Hall–Kier alpha value is -3.95. The topological polar surface area (TPSA) is 82.2 Å². The van der Waals surface area contributed by atoms with Crippen molar-refractivity contribution in [3.63, 3.8) is 0 Å². The summed E-state index contributed by atoms with van der Waals surface area (Å²) in [6.45, 7) is 7.06. The van der Waals surface area contributed by atoms with Gasteiger partial charge in [0.1, 0.15) is 11.6 Å².